The van der Waals surface area contributed by atoms with Gasteiger partial charge in [0.15, 0.2) is 0 Å². The van der Waals surface area contributed by atoms with Crippen molar-refractivity contribution in [2.45, 2.75) is 39.2 Å². The van der Waals surface area contributed by atoms with Crippen LogP contribution in [0.3, 0.4) is 0 Å². The van der Waals surface area contributed by atoms with Crippen LogP contribution in [0.4, 0.5) is 4.79 Å². The molecule has 2 atom stereocenters. The number of imide groups is 1. The molecular formula is C12H19N3O5. The highest BCUT2D eigenvalue weighted by Crippen LogP contribution is 2.19. The number of piperidine rings is 1. The number of amides is 4. The second kappa shape index (κ2) is 6.36. The Labute approximate surface area is 116 Å². The lowest BCUT2D eigenvalue weighted by Gasteiger charge is -2.25. The number of carboxylic acids is 1. The zero-order chi connectivity index (χ0) is 15.3. The Balaban J connectivity index is 2.46. The van der Waals surface area contributed by atoms with Gasteiger partial charge >= 0.3 is 12.0 Å². The van der Waals surface area contributed by atoms with Gasteiger partial charge in [-0.05, 0) is 19.8 Å². The summed E-state index contributed by atoms with van der Waals surface area (Å²) in [6, 6.07) is -1.40. The van der Waals surface area contributed by atoms with E-state index in [1.54, 1.807) is 6.92 Å². The van der Waals surface area contributed by atoms with Crippen molar-refractivity contribution in [3.63, 3.8) is 0 Å². The molecule has 1 heterocycles. The Morgan fingerprint density at radius 3 is 2.60 bits per heavy atom. The van der Waals surface area contributed by atoms with E-state index in [-0.39, 0.29) is 25.3 Å². The first-order valence-electron chi connectivity index (χ1n) is 6.40. The molecule has 112 valence electrons. The predicted octanol–water partition coefficient (Wildman–Crippen LogP) is -0.408. The van der Waals surface area contributed by atoms with Gasteiger partial charge in [0.2, 0.25) is 11.8 Å². The maximum Gasteiger partial charge on any atom is 0.315 e. The minimum atomic E-state index is -1.05. The van der Waals surface area contributed by atoms with Gasteiger partial charge in [0.25, 0.3) is 0 Å². The van der Waals surface area contributed by atoms with Crippen LogP contribution in [-0.2, 0) is 14.4 Å². The minimum Gasteiger partial charge on any atom is -0.481 e. The number of carbonyl (C=O) groups is 4. The Morgan fingerprint density at radius 2 is 2.10 bits per heavy atom. The van der Waals surface area contributed by atoms with Gasteiger partial charge in [-0.1, -0.05) is 6.92 Å². The van der Waals surface area contributed by atoms with Crippen molar-refractivity contribution in [1.29, 1.82) is 0 Å². The van der Waals surface area contributed by atoms with Crippen molar-refractivity contribution in [3.8, 4) is 0 Å². The highest BCUT2D eigenvalue weighted by atomic mass is 16.4. The zero-order valence-electron chi connectivity index (χ0n) is 11.5. The molecular weight excluding hydrogens is 266 g/mol. The maximum atomic E-state index is 11.6. The van der Waals surface area contributed by atoms with Crippen LogP contribution in [0.5, 0.6) is 0 Å². The molecule has 0 radical (unpaired) electrons. The first-order valence-corrected chi connectivity index (χ1v) is 6.40. The molecule has 4 N–H and O–H groups in total. The maximum absolute atomic E-state index is 11.6. The van der Waals surface area contributed by atoms with Crippen LogP contribution in [0.2, 0.25) is 0 Å². The van der Waals surface area contributed by atoms with Gasteiger partial charge in [0.1, 0.15) is 6.04 Å². The third-order valence-electron chi connectivity index (χ3n) is 3.48. The third kappa shape index (κ3) is 3.94. The molecule has 8 heteroatoms. The molecule has 0 bridgehead atoms. The molecule has 1 aliphatic rings. The average Bonchev–Trinajstić information content (AvgIpc) is 2.39. The predicted molar refractivity (Wildman–Crippen MR) is 68.7 cm³/mol. The van der Waals surface area contributed by atoms with E-state index in [2.05, 4.69) is 16.0 Å². The molecule has 4 amide bonds. The lowest BCUT2D eigenvalue weighted by Crippen LogP contribution is -2.55. The fourth-order valence-electron chi connectivity index (χ4n) is 1.67. The van der Waals surface area contributed by atoms with Gasteiger partial charge in [-0.3, -0.25) is 19.7 Å². The molecule has 2 unspecified atom stereocenters. The van der Waals surface area contributed by atoms with E-state index >= 15 is 0 Å². The quantitative estimate of drug-likeness (QED) is 0.511. The second-order valence-corrected chi connectivity index (χ2v) is 5.05. The second-order valence-electron chi connectivity index (χ2n) is 5.05. The largest absolute Gasteiger partial charge is 0.481 e. The molecule has 0 aromatic carbocycles. The standard InChI is InChI=1S/C12H19N3O5/c1-3-12(2,10(18)19)6-13-11(20)14-7-4-5-8(16)15-9(7)17/h7H,3-6H2,1-2H3,(H,18,19)(H2,13,14,20)(H,15,16,17). The van der Waals surface area contributed by atoms with Crippen molar-refractivity contribution in [3.05, 3.63) is 0 Å². The van der Waals surface area contributed by atoms with E-state index in [0.29, 0.717) is 6.42 Å². The molecule has 0 saturated carbocycles. The van der Waals surface area contributed by atoms with Crippen LogP contribution in [0.1, 0.15) is 33.1 Å². The normalized spacial score (nSPS) is 21.6. The number of nitrogens with one attached hydrogen (secondary N) is 3. The van der Waals surface area contributed by atoms with Crippen molar-refractivity contribution in [1.82, 2.24) is 16.0 Å². The summed E-state index contributed by atoms with van der Waals surface area (Å²) in [6.45, 7) is 3.20. The smallest absolute Gasteiger partial charge is 0.315 e. The van der Waals surface area contributed by atoms with Gasteiger partial charge < -0.3 is 15.7 Å². The zero-order valence-corrected chi connectivity index (χ0v) is 11.5. The van der Waals surface area contributed by atoms with Crippen molar-refractivity contribution >= 4 is 23.8 Å². The van der Waals surface area contributed by atoms with Crippen LogP contribution >= 0.6 is 0 Å². The Hall–Kier alpha value is -2.12. The molecule has 20 heavy (non-hydrogen) atoms. The number of hydrogen-bond acceptors (Lipinski definition) is 4. The summed E-state index contributed by atoms with van der Waals surface area (Å²) in [6.07, 6.45) is 0.765. The van der Waals surface area contributed by atoms with E-state index in [9.17, 15) is 19.2 Å². The van der Waals surface area contributed by atoms with E-state index in [4.69, 9.17) is 5.11 Å². The van der Waals surface area contributed by atoms with E-state index in [0.717, 1.165) is 0 Å². The Bertz CT molecular complexity index is 437. The molecule has 1 fully saturated rings. The van der Waals surface area contributed by atoms with Crippen LogP contribution in [0.25, 0.3) is 0 Å². The summed E-state index contributed by atoms with van der Waals surface area (Å²) >= 11 is 0. The number of hydrogen-bond donors (Lipinski definition) is 4. The highest BCUT2D eigenvalue weighted by molar-refractivity contribution is 6.01. The molecule has 1 rings (SSSR count). The lowest BCUT2D eigenvalue weighted by molar-refractivity contribution is -0.147. The molecule has 0 aliphatic carbocycles. The minimum absolute atomic E-state index is 0.0437. The van der Waals surface area contributed by atoms with Crippen LogP contribution < -0.4 is 16.0 Å². The Morgan fingerprint density at radius 1 is 1.45 bits per heavy atom. The van der Waals surface area contributed by atoms with Gasteiger partial charge in [-0.2, -0.15) is 0 Å². The fraction of sp³-hybridized carbons (Fsp3) is 0.667. The summed E-state index contributed by atoms with van der Waals surface area (Å²) in [4.78, 5) is 45.1. The summed E-state index contributed by atoms with van der Waals surface area (Å²) in [5.41, 5.74) is -1.05. The summed E-state index contributed by atoms with van der Waals surface area (Å²) in [5, 5.41) is 16.0. The number of carbonyl (C=O) groups excluding carboxylic acids is 3. The fourth-order valence-corrected chi connectivity index (χ4v) is 1.67. The van der Waals surface area contributed by atoms with Gasteiger partial charge in [0.05, 0.1) is 5.41 Å². The molecule has 0 aromatic heterocycles. The summed E-state index contributed by atoms with van der Waals surface area (Å²) in [5.74, 6) is -1.91. The number of urea groups is 1. The van der Waals surface area contributed by atoms with Gasteiger partial charge in [-0.15, -0.1) is 0 Å². The molecule has 0 aromatic rings. The van der Waals surface area contributed by atoms with E-state index in [1.165, 1.54) is 6.92 Å². The summed E-state index contributed by atoms with van der Waals surface area (Å²) < 4.78 is 0. The van der Waals surface area contributed by atoms with Crippen LogP contribution in [-0.4, -0.2) is 41.5 Å². The van der Waals surface area contributed by atoms with Crippen molar-refractivity contribution in [2.75, 3.05) is 6.54 Å². The molecule has 1 saturated heterocycles. The third-order valence-corrected chi connectivity index (χ3v) is 3.48. The number of rotatable bonds is 5. The topological polar surface area (TPSA) is 125 Å². The van der Waals surface area contributed by atoms with Crippen LogP contribution in [0, 0.1) is 5.41 Å². The number of carboxylic acid groups (broad SMARTS) is 1. The monoisotopic (exact) mass is 285 g/mol. The van der Waals surface area contributed by atoms with Crippen molar-refractivity contribution in [2.24, 2.45) is 5.41 Å². The van der Waals surface area contributed by atoms with Gasteiger partial charge in [0, 0.05) is 13.0 Å². The summed E-state index contributed by atoms with van der Waals surface area (Å²) in [7, 11) is 0. The lowest BCUT2D eigenvalue weighted by atomic mass is 9.88. The molecule has 0 spiro atoms. The SMILES string of the molecule is CCC(C)(CNC(=O)NC1CCC(=O)NC1=O)C(=O)O. The first kappa shape index (κ1) is 15.9. The molecule has 1 aliphatic heterocycles. The average molecular weight is 285 g/mol. The van der Waals surface area contributed by atoms with Gasteiger partial charge in [-0.25, -0.2) is 4.79 Å². The van der Waals surface area contributed by atoms with Crippen LogP contribution in [0.15, 0.2) is 0 Å². The number of aliphatic carboxylic acids is 1. The highest BCUT2D eigenvalue weighted by Gasteiger charge is 2.32. The van der Waals surface area contributed by atoms with E-state index < -0.39 is 29.4 Å². The Kier molecular flexibility index (Phi) is 5.06. The molecule has 8 nitrogen and oxygen atoms in total. The van der Waals surface area contributed by atoms with E-state index in [1.807, 2.05) is 0 Å². The first-order chi connectivity index (χ1) is 9.28. The van der Waals surface area contributed by atoms with Crippen molar-refractivity contribution < 1.29 is 24.3 Å².